The van der Waals surface area contributed by atoms with Crippen molar-refractivity contribution in [3.05, 3.63) is 59.1 Å². The Morgan fingerprint density at radius 3 is 2.73 bits per heavy atom. The van der Waals surface area contributed by atoms with Gasteiger partial charge in [-0.25, -0.2) is 4.98 Å². The number of anilines is 1. The molecule has 1 amide bonds. The van der Waals surface area contributed by atoms with Crippen LogP contribution in [0.3, 0.4) is 0 Å². The lowest BCUT2D eigenvalue weighted by molar-refractivity contribution is -0.110. The van der Waals surface area contributed by atoms with Gasteiger partial charge in [-0.1, -0.05) is 30.3 Å². The highest BCUT2D eigenvalue weighted by Crippen LogP contribution is 2.38. The molecule has 0 spiro atoms. The van der Waals surface area contributed by atoms with Gasteiger partial charge in [-0.2, -0.15) is 5.26 Å². The van der Waals surface area contributed by atoms with Gasteiger partial charge in [0.25, 0.3) is 5.91 Å². The van der Waals surface area contributed by atoms with Gasteiger partial charge in [0, 0.05) is 11.3 Å². The molecule has 1 aromatic heterocycles. The van der Waals surface area contributed by atoms with E-state index < -0.39 is 0 Å². The second-order valence-corrected chi connectivity index (χ2v) is 5.88. The number of nitriles is 1. The monoisotopic (exact) mass is 303 g/mol. The SMILES string of the molecule is N#CC(=C1C(=O)Nc2ccccc21)c1nc2ccccc2s1. The van der Waals surface area contributed by atoms with E-state index in [9.17, 15) is 10.1 Å². The van der Waals surface area contributed by atoms with Gasteiger partial charge in [0.15, 0.2) is 0 Å². The van der Waals surface area contributed by atoms with Crippen LogP contribution < -0.4 is 5.32 Å². The van der Waals surface area contributed by atoms with E-state index in [4.69, 9.17) is 0 Å². The van der Waals surface area contributed by atoms with Crippen LogP contribution in [-0.4, -0.2) is 10.9 Å². The molecule has 0 saturated heterocycles. The first-order chi connectivity index (χ1) is 10.8. The van der Waals surface area contributed by atoms with Crippen molar-refractivity contribution in [1.29, 1.82) is 5.26 Å². The molecule has 3 aromatic rings. The number of amides is 1. The van der Waals surface area contributed by atoms with E-state index in [0.717, 1.165) is 21.5 Å². The summed E-state index contributed by atoms with van der Waals surface area (Å²) in [7, 11) is 0. The van der Waals surface area contributed by atoms with Crippen molar-refractivity contribution in [1.82, 2.24) is 4.98 Å². The van der Waals surface area contributed by atoms with Gasteiger partial charge in [-0.15, -0.1) is 11.3 Å². The van der Waals surface area contributed by atoms with E-state index in [1.807, 2.05) is 48.5 Å². The third-order valence-corrected chi connectivity index (χ3v) is 4.60. The van der Waals surface area contributed by atoms with Crippen LogP contribution in [0, 0.1) is 11.3 Å². The highest BCUT2D eigenvalue weighted by atomic mass is 32.1. The van der Waals surface area contributed by atoms with Gasteiger partial charge in [-0.05, 0) is 18.2 Å². The van der Waals surface area contributed by atoms with Gasteiger partial charge < -0.3 is 5.32 Å². The summed E-state index contributed by atoms with van der Waals surface area (Å²) in [5.74, 6) is -0.253. The summed E-state index contributed by atoms with van der Waals surface area (Å²) >= 11 is 1.42. The van der Waals surface area contributed by atoms with Crippen molar-refractivity contribution >= 4 is 44.3 Å². The lowest BCUT2D eigenvalue weighted by Gasteiger charge is -1.99. The maximum Gasteiger partial charge on any atom is 0.257 e. The van der Waals surface area contributed by atoms with Crippen LogP contribution in [0.5, 0.6) is 0 Å². The minimum absolute atomic E-state index is 0.253. The smallest absolute Gasteiger partial charge is 0.257 e. The third kappa shape index (κ3) is 1.82. The third-order valence-electron chi connectivity index (χ3n) is 3.54. The van der Waals surface area contributed by atoms with Crippen molar-refractivity contribution in [3.63, 3.8) is 0 Å². The number of nitrogens with zero attached hydrogens (tertiary/aromatic N) is 2. The van der Waals surface area contributed by atoms with E-state index in [-0.39, 0.29) is 5.91 Å². The van der Waals surface area contributed by atoms with Crippen LogP contribution in [0.25, 0.3) is 21.4 Å². The molecule has 4 nitrogen and oxygen atoms in total. The number of thiazole rings is 1. The van der Waals surface area contributed by atoms with Crippen molar-refractivity contribution < 1.29 is 4.79 Å². The van der Waals surface area contributed by atoms with Crippen LogP contribution in [0.4, 0.5) is 5.69 Å². The molecule has 0 aliphatic carbocycles. The molecule has 1 aliphatic rings. The number of hydrogen-bond acceptors (Lipinski definition) is 4. The number of hydrogen-bond donors (Lipinski definition) is 1. The molecule has 1 aliphatic heterocycles. The minimum atomic E-state index is -0.253. The second-order valence-electron chi connectivity index (χ2n) is 4.85. The van der Waals surface area contributed by atoms with Crippen molar-refractivity contribution in [2.24, 2.45) is 0 Å². The van der Waals surface area contributed by atoms with E-state index in [1.54, 1.807) is 0 Å². The lowest BCUT2D eigenvalue weighted by atomic mass is 10.0. The first kappa shape index (κ1) is 12.7. The highest BCUT2D eigenvalue weighted by molar-refractivity contribution is 7.19. The molecule has 4 rings (SSSR count). The van der Waals surface area contributed by atoms with Crippen LogP contribution in [0.2, 0.25) is 0 Å². The maximum absolute atomic E-state index is 12.3. The predicted molar refractivity (Wildman–Crippen MR) is 87.1 cm³/mol. The summed E-state index contributed by atoms with van der Waals surface area (Å²) in [5.41, 5.74) is 3.04. The molecule has 0 unspecified atom stereocenters. The fraction of sp³-hybridized carbons (Fsp3) is 0. The molecular weight excluding hydrogens is 294 g/mol. The Kier molecular flexibility index (Phi) is 2.78. The zero-order chi connectivity index (χ0) is 15.1. The Hall–Kier alpha value is -2.97. The van der Waals surface area contributed by atoms with Crippen LogP contribution in [-0.2, 0) is 4.79 Å². The Labute approximate surface area is 130 Å². The standard InChI is InChI=1S/C17H9N3OS/c18-9-11(17-20-13-7-3-4-8-14(13)22-17)15-10-5-1-2-6-12(10)19-16(15)21/h1-8H,(H,19,21). The number of para-hydroxylation sites is 2. The molecule has 22 heavy (non-hydrogen) atoms. The summed E-state index contributed by atoms with van der Waals surface area (Å²) in [6, 6.07) is 17.2. The molecule has 0 fully saturated rings. The Balaban J connectivity index is 1.99. The summed E-state index contributed by atoms with van der Waals surface area (Å²) in [6.07, 6.45) is 0. The summed E-state index contributed by atoms with van der Waals surface area (Å²) in [5, 5.41) is 13.0. The topological polar surface area (TPSA) is 65.8 Å². The molecule has 0 radical (unpaired) electrons. The number of carbonyl (C=O) groups excluding carboxylic acids is 1. The molecule has 0 saturated carbocycles. The maximum atomic E-state index is 12.3. The number of benzene rings is 2. The Morgan fingerprint density at radius 1 is 1.14 bits per heavy atom. The van der Waals surface area contributed by atoms with Gasteiger partial charge in [-0.3, -0.25) is 4.79 Å². The molecule has 5 heteroatoms. The molecule has 0 bridgehead atoms. The number of allylic oxidation sites excluding steroid dienone is 1. The van der Waals surface area contributed by atoms with Gasteiger partial charge in [0.1, 0.15) is 16.6 Å². The quantitative estimate of drug-likeness (QED) is 0.551. The number of fused-ring (bicyclic) bond motifs is 2. The molecule has 1 N–H and O–H groups in total. The van der Waals surface area contributed by atoms with E-state index in [1.165, 1.54) is 11.3 Å². The number of aromatic nitrogens is 1. The summed E-state index contributed by atoms with van der Waals surface area (Å²) in [4.78, 5) is 16.8. The fourth-order valence-electron chi connectivity index (χ4n) is 2.56. The largest absolute Gasteiger partial charge is 0.321 e. The van der Waals surface area contributed by atoms with Gasteiger partial charge in [0.2, 0.25) is 0 Å². The molecular formula is C17H9N3OS. The van der Waals surface area contributed by atoms with Crippen LogP contribution >= 0.6 is 11.3 Å². The van der Waals surface area contributed by atoms with Gasteiger partial charge in [0.05, 0.1) is 15.8 Å². The Morgan fingerprint density at radius 2 is 1.91 bits per heavy atom. The minimum Gasteiger partial charge on any atom is -0.321 e. The molecule has 2 heterocycles. The fourth-order valence-corrected chi connectivity index (χ4v) is 3.52. The zero-order valence-corrected chi connectivity index (χ0v) is 12.1. The van der Waals surface area contributed by atoms with Crippen LogP contribution in [0.15, 0.2) is 48.5 Å². The first-order valence-corrected chi connectivity index (χ1v) is 7.50. The molecule has 0 atom stereocenters. The summed E-state index contributed by atoms with van der Waals surface area (Å²) in [6.45, 7) is 0. The number of rotatable bonds is 1. The summed E-state index contributed by atoms with van der Waals surface area (Å²) < 4.78 is 0.998. The first-order valence-electron chi connectivity index (χ1n) is 6.69. The molecule has 2 aromatic carbocycles. The molecule has 104 valence electrons. The Bertz CT molecular complexity index is 961. The lowest BCUT2D eigenvalue weighted by Crippen LogP contribution is -2.05. The van der Waals surface area contributed by atoms with Crippen molar-refractivity contribution in [3.8, 4) is 6.07 Å². The van der Waals surface area contributed by atoms with Gasteiger partial charge >= 0.3 is 0 Å². The van der Waals surface area contributed by atoms with E-state index in [0.29, 0.717) is 16.2 Å². The van der Waals surface area contributed by atoms with Crippen molar-refractivity contribution in [2.75, 3.05) is 5.32 Å². The van der Waals surface area contributed by atoms with Crippen molar-refractivity contribution in [2.45, 2.75) is 0 Å². The number of carbonyl (C=O) groups is 1. The predicted octanol–water partition coefficient (Wildman–Crippen LogP) is 3.68. The van der Waals surface area contributed by atoms with Crippen LogP contribution in [0.1, 0.15) is 10.6 Å². The highest BCUT2D eigenvalue weighted by Gasteiger charge is 2.29. The average Bonchev–Trinajstić information content (AvgIpc) is 3.10. The normalized spacial score (nSPS) is 15.3. The van der Waals surface area contributed by atoms with E-state index in [2.05, 4.69) is 16.4 Å². The van der Waals surface area contributed by atoms with E-state index >= 15 is 0 Å². The second kappa shape index (κ2) is 4.79. The average molecular weight is 303 g/mol. The zero-order valence-electron chi connectivity index (χ0n) is 11.3. The number of nitrogens with one attached hydrogen (secondary N) is 1.